The van der Waals surface area contributed by atoms with Gasteiger partial charge in [0.2, 0.25) is 0 Å². The summed E-state index contributed by atoms with van der Waals surface area (Å²) < 4.78 is 5.53. The van der Waals surface area contributed by atoms with Crippen LogP contribution >= 0.6 is 0 Å². The summed E-state index contributed by atoms with van der Waals surface area (Å²) in [6.45, 7) is 4.20. The Morgan fingerprint density at radius 3 is 3.00 bits per heavy atom. The first-order chi connectivity index (χ1) is 8.70. The highest BCUT2D eigenvalue weighted by Gasteiger charge is 2.23. The van der Waals surface area contributed by atoms with Gasteiger partial charge in [-0.2, -0.15) is 0 Å². The van der Waals surface area contributed by atoms with Gasteiger partial charge in [0.15, 0.2) is 0 Å². The average Bonchev–Trinajstić information content (AvgIpc) is 2.77. The molecule has 0 aromatic carbocycles. The third-order valence-electron chi connectivity index (χ3n) is 4.13. The van der Waals surface area contributed by atoms with Crippen molar-refractivity contribution in [3.8, 4) is 0 Å². The summed E-state index contributed by atoms with van der Waals surface area (Å²) in [6, 6.07) is 2.85. The topological polar surface area (TPSA) is 28.4 Å². The lowest BCUT2D eigenvalue weighted by Gasteiger charge is -2.34. The first-order valence-corrected chi connectivity index (χ1v) is 7.10. The molecule has 2 unspecified atom stereocenters. The van der Waals surface area contributed by atoms with Crippen molar-refractivity contribution in [1.29, 1.82) is 0 Å². The lowest BCUT2D eigenvalue weighted by Crippen LogP contribution is -2.35. The third kappa shape index (κ3) is 3.36. The van der Waals surface area contributed by atoms with Crippen LogP contribution in [-0.2, 0) is 13.1 Å². The summed E-state index contributed by atoms with van der Waals surface area (Å²) in [5.74, 6) is 1.96. The fraction of sp³-hybridized carbons (Fsp3) is 0.733. The normalized spacial score (nSPS) is 24.7. The smallest absolute Gasteiger partial charge is 0.122 e. The van der Waals surface area contributed by atoms with Crippen LogP contribution < -0.4 is 5.32 Å². The van der Waals surface area contributed by atoms with Gasteiger partial charge in [0.25, 0.3) is 0 Å². The van der Waals surface area contributed by atoms with Gasteiger partial charge >= 0.3 is 0 Å². The summed E-state index contributed by atoms with van der Waals surface area (Å²) >= 11 is 0. The Kier molecular flexibility index (Phi) is 4.84. The zero-order chi connectivity index (χ0) is 13.0. The number of nitrogens with one attached hydrogen (secondary N) is 1. The molecule has 2 rings (SSSR count). The van der Waals surface area contributed by atoms with Gasteiger partial charge in [-0.15, -0.1) is 0 Å². The molecular weight excluding hydrogens is 224 g/mol. The van der Waals surface area contributed by atoms with Crippen molar-refractivity contribution < 1.29 is 4.42 Å². The molecule has 0 amide bonds. The molecule has 1 saturated carbocycles. The van der Waals surface area contributed by atoms with Crippen molar-refractivity contribution in [3.05, 3.63) is 23.7 Å². The summed E-state index contributed by atoms with van der Waals surface area (Å²) in [5.41, 5.74) is 1.32. The van der Waals surface area contributed by atoms with Crippen molar-refractivity contribution >= 4 is 0 Å². The van der Waals surface area contributed by atoms with Crippen molar-refractivity contribution in [2.24, 2.45) is 5.92 Å². The Morgan fingerprint density at radius 1 is 1.44 bits per heavy atom. The van der Waals surface area contributed by atoms with Gasteiger partial charge in [0.05, 0.1) is 12.8 Å². The second-order valence-corrected chi connectivity index (χ2v) is 5.74. The van der Waals surface area contributed by atoms with E-state index < -0.39 is 0 Å². The van der Waals surface area contributed by atoms with Gasteiger partial charge in [0, 0.05) is 18.2 Å². The van der Waals surface area contributed by atoms with Crippen molar-refractivity contribution in [3.63, 3.8) is 0 Å². The van der Waals surface area contributed by atoms with Crippen molar-refractivity contribution in [2.45, 2.75) is 51.7 Å². The van der Waals surface area contributed by atoms with E-state index in [1.54, 1.807) is 6.26 Å². The van der Waals surface area contributed by atoms with Gasteiger partial charge in [-0.3, -0.25) is 4.90 Å². The Bertz CT molecular complexity index is 361. The fourth-order valence-corrected chi connectivity index (χ4v) is 3.02. The molecule has 0 spiro atoms. The van der Waals surface area contributed by atoms with Crippen molar-refractivity contribution in [2.75, 3.05) is 14.1 Å². The fourth-order valence-electron chi connectivity index (χ4n) is 3.02. The molecule has 1 aromatic heterocycles. The molecule has 0 radical (unpaired) electrons. The maximum absolute atomic E-state index is 5.53. The molecule has 3 nitrogen and oxygen atoms in total. The van der Waals surface area contributed by atoms with Crippen LogP contribution in [-0.4, -0.2) is 25.0 Å². The number of furan rings is 1. The Morgan fingerprint density at radius 2 is 2.28 bits per heavy atom. The number of hydrogen-bond acceptors (Lipinski definition) is 3. The zero-order valence-electron chi connectivity index (χ0n) is 11.9. The standard InChI is InChI=1S/C15H26N2O/c1-12-5-4-6-14(9-12)17(3)11-13-7-8-18-15(13)10-16-2/h7-8,12,14,16H,4-6,9-11H2,1-3H3. The number of hydrogen-bond donors (Lipinski definition) is 1. The Labute approximate surface area is 111 Å². The third-order valence-corrected chi connectivity index (χ3v) is 4.13. The van der Waals surface area contributed by atoms with Crippen LogP contribution in [0, 0.1) is 5.92 Å². The summed E-state index contributed by atoms with van der Waals surface area (Å²) in [6.07, 6.45) is 7.28. The van der Waals surface area contributed by atoms with E-state index >= 15 is 0 Å². The van der Waals surface area contributed by atoms with Crippen molar-refractivity contribution in [1.82, 2.24) is 10.2 Å². The van der Waals surface area contributed by atoms with E-state index in [1.165, 1.54) is 31.2 Å². The van der Waals surface area contributed by atoms with Crippen LogP contribution in [0.4, 0.5) is 0 Å². The average molecular weight is 250 g/mol. The first-order valence-electron chi connectivity index (χ1n) is 7.10. The van der Waals surface area contributed by atoms with E-state index in [-0.39, 0.29) is 0 Å². The molecule has 0 aliphatic heterocycles. The SMILES string of the molecule is CNCc1occc1CN(C)C1CCCC(C)C1. The van der Waals surface area contributed by atoms with Gasteiger partial charge in [-0.25, -0.2) is 0 Å². The van der Waals surface area contributed by atoms with E-state index in [4.69, 9.17) is 4.42 Å². The van der Waals surface area contributed by atoms with Gasteiger partial charge in [-0.05, 0) is 38.9 Å². The minimum atomic E-state index is 0.742. The molecular formula is C15H26N2O. The molecule has 0 saturated heterocycles. The molecule has 1 aromatic rings. The second-order valence-electron chi connectivity index (χ2n) is 5.74. The Hall–Kier alpha value is -0.800. The predicted molar refractivity (Wildman–Crippen MR) is 74.4 cm³/mol. The maximum atomic E-state index is 5.53. The van der Waals surface area contributed by atoms with Crippen LogP contribution in [0.3, 0.4) is 0 Å². The lowest BCUT2D eigenvalue weighted by atomic mass is 9.86. The van der Waals surface area contributed by atoms with Crippen LogP contribution in [0.25, 0.3) is 0 Å². The van der Waals surface area contributed by atoms with E-state index in [1.807, 2.05) is 7.05 Å². The highest BCUT2D eigenvalue weighted by atomic mass is 16.3. The molecule has 1 N–H and O–H groups in total. The molecule has 2 atom stereocenters. The van der Waals surface area contributed by atoms with Crippen LogP contribution in [0.5, 0.6) is 0 Å². The summed E-state index contributed by atoms with van der Waals surface area (Å²) in [7, 11) is 4.21. The maximum Gasteiger partial charge on any atom is 0.122 e. The van der Waals surface area contributed by atoms with Gasteiger partial charge in [0.1, 0.15) is 5.76 Å². The van der Waals surface area contributed by atoms with Gasteiger partial charge in [-0.1, -0.05) is 19.8 Å². The molecule has 1 fully saturated rings. The second kappa shape index (κ2) is 6.39. The van der Waals surface area contributed by atoms with Gasteiger partial charge < -0.3 is 9.73 Å². The zero-order valence-corrected chi connectivity index (χ0v) is 11.9. The molecule has 1 heterocycles. The van der Waals surface area contributed by atoms with E-state index in [0.29, 0.717) is 0 Å². The molecule has 1 aliphatic carbocycles. The van der Waals surface area contributed by atoms with Crippen LogP contribution in [0.2, 0.25) is 0 Å². The van der Waals surface area contributed by atoms with Crippen LogP contribution in [0.1, 0.15) is 43.9 Å². The molecule has 3 heteroatoms. The number of nitrogens with zero attached hydrogens (tertiary/aromatic N) is 1. The minimum Gasteiger partial charge on any atom is -0.468 e. The number of rotatable bonds is 5. The molecule has 0 bridgehead atoms. The predicted octanol–water partition coefficient (Wildman–Crippen LogP) is 3.01. The first kappa shape index (κ1) is 13.6. The van der Waals surface area contributed by atoms with Crippen LogP contribution in [0.15, 0.2) is 16.7 Å². The molecule has 18 heavy (non-hydrogen) atoms. The van der Waals surface area contributed by atoms with E-state index in [0.717, 1.165) is 30.8 Å². The molecule has 1 aliphatic rings. The highest BCUT2D eigenvalue weighted by Crippen LogP contribution is 2.27. The summed E-state index contributed by atoms with van der Waals surface area (Å²) in [5, 5.41) is 3.16. The van der Waals surface area contributed by atoms with E-state index in [9.17, 15) is 0 Å². The quantitative estimate of drug-likeness (QED) is 0.871. The lowest BCUT2D eigenvalue weighted by molar-refractivity contribution is 0.157. The van der Waals surface area contributed by atoms with E-state index in [2.05, 4.69) is 30.3 Å². The molecule has 102 valence electrons. The highest BCUT2D eigenvalue weighted by molar-refractivity contribution is 5.16. The Balaban J connectivity index is 1.93. The largest absolute Gasteiger partial charge is 0.468 e. The minimum absolute atomic E-state index is 0.742. The summed E-state index contributed by atoms with van der Waals surface area (Å²) in [4.78, 5) is 2.50. The monoisotopic (exact) mass is 250 g/mol.